The molecule has 0 aromatic carbocycles. The van der Waals surface area contributed by atoms with Crippen molar-refractivity contribution in [1.82, 2.24) is 5.32 Å². The maximum atomic E-state index is 13.1. The Labute approximate surface area is 357 Å². The van der Waals surface area contributed by atoms with Crippen LogP contribution in [-0.2, 0) is 28.9 Å². The molecule has 0 bridgehead atoms. The summed E-state index contributed by atoms with van der Waals surface area (Å²) in [6.07, 6.45) is 28.2. The van der Waals surface area contributed by atoms with Gasteiger partial charge in [-0.2, -0.15) is 8.42 Å². The fourth-order valence-electron chi connectivity index (χ4n) is 7.34. The number of aliphatic hydroxyl groups excluding tert-OH is 5. The van der Waals surface area contributed by atoms with Crippen LogP contribution < -0.4 is 5.32 Å². The van der Waals surface area contributed by atoms with Crippen LogP contribution in [0.3, 0.4) is 0 Å². The van der Waals surface area contributed by atoms with Gasteiger partial charge in [0.1, 0.15) is 30.5 Å². The molecule has 1 fully saturated rings. The molecule has 1 heterocycles. The molecule has 1 amide bonds. The summed E-state index contributed by atoms with van der Waals surface area (Å²) < 4.78 is 47.5. The zero-order chi connectivity index (χ0) is 43.6. The number of aliphatic hydroxyl groups is 5. The first-order chi connectivity index (χ1) is 28.4. The third kappa shape index (κ3) is 28.7. The Hall–Kier alpha value is -1.46. The molecule has 0 aromatic rings. The van der Waals surface area contributed by atoms with Crippen LogP contribution in [0.4, 0.5) is 0 Å². The second-order valence-electron chi connectivity index (χ2n) is 16.5. The molecule has 13 nitrogen and oxygen atoms in total. The minimum absolute atomic E-state index is 0.237. The van der Waals surface area contributed by atoms with Crippen molar-refractivity contribution in [2.75, 3.05) is 13.2 Å². The number of amides is 1. The summed E-state index contributed by atoms with van der Waals surface area (Å²) in [4.78, 5) is 13.1. The third-order valence-electron chi connectivity index (χ3n) is 11.1. The van der Waals surface area contributed by atoms with Gasteiger partial charge in [-0.3, -0.25) is 9.35 Å². The van der Waals surface area contributed by atoms with Crippen molar-refractivity contribution in [3.8, 4) is 0 Å². The number of unbranched alkanes of at least 4 members (excludes halogenated alkanes) is 24. The number of carbonyl (C=O) groups is 1. The van der Waals surface area contributed by atoms with E-state index in [1.807, 2.05) is 6.08 Å². The summed E-state index contributed by atoms with van der Waals surface area (Å²) in [6.45, 7) is 3.20. The van der Waals surface area contributed by atoms with E-state index < -0.39 is 78.5 Å². The van der Waals surface area contributed by atoms with E-state index in [2.05, 4.69) is 35.5 Å². The molecule has 59 heavy (non-hydrogen) atoms. The lowest BCUT2D eigenvalue weighted by Crippen LogP contribution is -2.61. The first-order valence-corrected chi connectivity index (χ1v) is 24.7. The van der Waals surface area contributed by atoms with E-state index >= 15 is 0 Å². The van der Waals surface area contributed by atoms with Crippen LogP contribution in [0, 0.1) is 0 Å². The SMILES string of the molecule is CCCCCCCC/C=C\CCCCCCCCC(O)C(=O)NC(COC1OC(CO)C(O)C(OS(=O)(=O)O)C1O)C(O)/C=C/CCCCCCCCCCCCCC. The van der Waals surface area contributed by atoms with Gasteiger partial charge >= 0.3 is 10.4 Å². The highest BCUT2D eigenvalue weighted by Crippen LogP contribution is 2.26. The molecule has 14 heteroatoms. The molecule has 0 spiro atoms. The smallest absolute Gasteiger partial charge is 0.394 e. The average Bonchev–Trinajstić information content (AvgIpc) is 3.20. The summed E-state index contributed by atoms with van der Waals surface area (Å²) in [5.74, 6) is -0.707. The van der Waals surface area contributed by atoms with Gasteiger partial charge in [0, 0.05) is 0 Å². The number of hydrogen-bond donors (Lipinski definition) is 7. The van der Waals surface area contributed by atoms with Crippen LogP contribution in [0.25, 0.3) is 0 Å². The van der Waals surface area contributed by atoms with Gasteiger partial charge in [0.25, 0.3) is 0 Å². The number of allylic oxidation sites excluding steroid dienone is 3. The second kappa shape index (κ2) is 36.1. The molecule has 1 aliphatic heterocycles. The Morgan fingerprint density at radius 3 is 1.58 bits per heavy atom. The van der Waals surface area contributed by atoms with Crippen LogP contribution in [0.15, 0.2) is 24.3 Å². The van der Waals surface area contributed by atoms with E-state index in [0.29, 0.717) is 12.8 Å². The summed E-state index contributed by atoms with van der Waals surface area (Å²) in [7, 11) is -5.12. The van der Waals surface area contributed by atoms with Crippen molar-refractivity contribution >= 4 is 16.3 Å². The monoisotopic (exact) mass is 864 g/mol. The molecule has 8 atom stereocenters. The zero-order valence-corrected chi connectivity index (χ0v) is 37.5. The van der Waals surface area contributed by atoms with Gasteiger partial charge in [-0.05, 0) is 44.9 Å². The molecule has 0 aromatic heterocycles. The molecule has 1 rings (SSSR count). The first kappa shape index (κ1) is 55.6. The minimum atomic E-state index is -5.12. The first-order valence-electron chi connectivity index (χ1n) is 23.3. The minimum Gasteiger partial charge on any atom is -0.394 e. The van der Waals surface area contributed by atoms with Gasteiger partial charge in [-0.25, -0.2) is 4.18 Å². The number of ether oxygens (including phenoxy) is 2. The highest BCUT2D eigenvalue weighted by molar-refractivity contribution is 7.80. The second-order valence-corrected chi connectivity index (χ2v) is 17.5. The molecule has 348 valence electrons. The van der Waals surface area contributed by atoms with Gasteiger partial charge in [0.2, 0.25) is 5.91 Å². The Morgan fingerprint density at radius 2 is 1.12 bits per heavy atom. The molecule has 1 saturated heterocycles. The number of nitrogens with one attached hydrogen (secondary N) is 1. The van der Waals surface area contributed by atoms with E-state index in [-0.39, 0.29) is 6.42 Å². The van der Waals surface area contributed by atoms with E-state index in [1.54, 1.807) is 0 Å². The van der Waals surface area contributed by atoms with E-state index in [4.69, 9.17) is 9.47 Å². The summed E-state index contributed by atoms with van der Waals surface area (Å²) >= 11 is 0. The summed E-state index contributed by atoms with van der Waals surface area (Å²) in [6, 6.07) is -1.12. The van der Waals surface area contributed by atoms with Gasteiger partial charge in [-0.1, -0.05) is 173 Å². The maximum absolute atomic E-state index is 13.1. The van der Waals surface area contributed by atoms with Gasteiger partial charge in [0.15, 0.2) is 6.29 Å². The van der Waals surface area contributed by atoms with Crippen molar-refractivity contribution in [1.29, 1.82) is 0 Å². The lowest BCUT2D eigenvalue weighted by atomic mass is 9.99. The van der Waals surface area contributed by atoms with E-state index in [0.717, 1.165) is 64.2 Å². The molecule has 0 saturated carbocycles. The standard InChI is InChI=1S/C45H85NO12S/c1-3-5-7-9-11-13-15-17-19-20-22-24-26-28-30-32-34-39(49)44(52)46-37(36-56-45-42(51)43(58-59(53,54)55)41(50)40(35-47)57-45)38(48)33-31-29-27-25-23-21-18-16-14-12-10-8-6-4-2/h17,19,31,33,37-43,45,47-51H,3-16,18,20-30,32,34-36H2,1-2H3,(H,46,52)(H,53,54,55)/b19-17-,33-31+. The Bertz CT molecular complexity index is 1170. The highest BCUT2D eigenvalue weighted by Gasteiger charge is 2.48. The summed E-state index contributed by atoms with van der Waals surface area (Å²) in [5, 5.41) is 55.2. The maximum Gasteiger partial charge on any atom is 0.397 e. The molecule has 0 aliphatic carbocycles. The summed E-state index contributed by atoms with van der Waals surface area (Å²) in [5.41, 5.74) is 0. The predicted molar refractivity (Wildman–Crippen MR) is 233 cm³/mol. The lowest BCUT2D eigenvalue weighted by Gasteiger charge is -2.41. The third-order valence-corrected chi connectivity index (χ3v) is 11.5. The molecule has 0 radical (unpaired) electrons. The molecule has 7 N–H and O–H groups in total. The van der Waals surface area contributed by atoms with Crippen LogP contribution in [-0.4, -0.2) is 107 Å². The quantitative estimate of drug-likeness (QED) is 0.0179. The number of hydrogen-bond acceptors (Lipinski definition) is 11. The Balaban J connectivity index is 2.59. The van der Waals surface area contributed by atoms with Crippen LogP contribution in [0.5, 0.6) is 0 Å². The van der Waals surface area contributed by atoms with Crippen molar-refractivity contribution in [3.63, 3.8) is 0 Å². The molecule has 8 unspecified atom stereocenters. The molecular weight excluding hydrogens is 779 g/mol. The Morgan fingerprint density at radius 1 is 0.678 bits per heavy atom. The van der Waals surface area contributed by atoms with Gasteiger partial charge in [-0.15, -0.1) is 0 Å². The topological polar surface area (TPSA) is 212 Å². The van der Waals surface area contributed by atoms with E-state index in [1.165, 1.54) is 102 Å². The Kier molecular flexibility index (Phi) is 34.0. The van der Waals surface area contributed by atoms with Crippen molar-refractivity contribution < 1.29 is 57.0 Å². The average molecular weight is 864 g/mol. The predicted octanol–water partition coefficient (Wildman–Crippen LogP) is 7.91. The van der Waals surface area contributed by atoms with Crippen LogP contribution in [0.1, 0.15) is 194 Å². The number of rotatable bonds is 39. The van der Waals surface area contributed by atoms with E-state index in [9.17, 15) is 43.3 Å². The van der Waals surface area contributed by atoms with Gasteiger partial charge in [0.05, 0.1) is 25.4 Å². The fraction of sp³-hybridized carbons (Fsp3) is 0.889. The number of carbonyl (C=O) groups excluding carboxylic acids is 1. The normalized spacial score (nSPS) is 21.7. The van der Waals surface area contributed by atoms with Crippen LogP contribution >= 0.6 is 0 Å². The zero-order valence-electron chi connectivity index (χ0n) is 36.7. The molecular formula is C45H85NO12S. The molecule has 1 aliphatic rings. The lowest BCUT2D eigenvalue weighted by molar-refractivity contribution is -0.298. The van der Waals surface area contributed by atoms with Crippen molar-refractivity contribution in [2.24, 2.45) is 0 Å². The van der Waals surface area contributed by atoms with Crippen molar-refractivity contribution in [3.05, 3.63) is 24.3 Å². The highest BCUT2D eigenvalue weighted by atomic mass is 32.3. The van der Waals surface area contributed by atoms with Crippen LogP contribution in [0.2, 0.25) is 0 Å². The van der Waals surface area contributed by atoms with Gasteiger partial charge < -0.3 is 40.3 Å². The largest absolute Gasteiger partial charge is 0.397 e. The van der Waals surface area contributed by atoms with Crippen molar-refractivity contribution in [2.45, 2.75) is 243 Å². The fourth-order valence-corrected chi connectivity index (χ4v) is 7.85.